The van der Waals surface area contributed by atoms with Crippen molar-refractivity contribution < 1.29 is 0 Å². The molecule has 21 heavy (non-hydrogen) atoms. The van der Waals surface area contributed by atoms with Gasteiger partial charge in [0.25, 0.3) is 0 Å². The first-order valence-corrected chi connectivity index (χ1v) is 12.3. The van der Waals surface area contributed by atoms with E-state index in [1.807, 2.05) is 0 Å². The Bertz CT molecular complexity index is 284. The smallest absolute Gasteiger partial charge is 0.0306 e. The van der Waals surface area contributed by atoms with Gasteiger partial charge in [-0.1, -0.05) is 32.5 Å². The SMILES string of the molecule is CCCCN(CCC[SiH](C)C)C1CC(C)(C)NC(C)(C)C1. The van der Waals surface area contributed by atoms with Gasteiger partial charge in [0, 0.05) is 25.9 Å². The van der Waals surface area contributed by atoms with E-state index in [4.69, 9.17) is 0 Å². The molecule has 0 amide bonds. The molecule has 0 aliphatic carbocycles. The molecule has 0 aromatic carbocycles. The van der Waals surface area contributed by atoms with Crippen molar-refractivity contribution in [2.45, 2.75) is 103 Å². The number of hydrogen-bond donors (Lipinski definition) is 1. The van der Waals surface area contributed by atoms with Gasteiger partial charge in [-0.15, -0.1) is 0 Å². The van der Waals surface area contributed by atoms with Crippen molar-refractivity contribution in [3.8, 4) is 0 Å². The van der Waals surface area contributed by atoms with E-state index in [9.17, 15) is 0 Å². The quantitative estimate of drug-likeness (QED) is 0.673. The van der Waals surface area contributed by atoms with Crippen LogP contribution in [0, 0.1) is 0 Å². The number of nitrogens with one attached hydrogen (secondary N) is 1. The fourth-order valence-corrected chi connectivity index (χ4v) is 5.07. The molecule has 1 N–H and O–H groups in total. The van der Waals surface area contributed by atoms with Gasteiger partial charge in [-0.25, -0.2) is 0 Å². The summed E-state index contributed by atoms with van der Waals surface area (Å²) in [7, 11) is -0.391. The van der Waals surface area contributed by atoms with Gasteiger partial charge in [-0.05, 0) is 66.5 Å². The number of nitrogens with zero attached hydrogens (tertiary/aromatic N) is 1. The van der Waals surface area contributed by atoms with Crippen LogP contribution in [0.3, 0.4) is 0 Å². The maximum absolute atomic E-state index is 3.83. The second-order valence-corrected chi connectivity index (χ2v) is 12.2. The highest BCUT2D eigenvalue weighted by molar-refractivity contribution is 6.55. The van der Waals surface area contributed by atoms with Crippen LogP contribution in [-0.4, -0.2) is 43.9 Å². The second kappa shape index (κ2) is 8.12. The molecule has 0 saturated carbocycles. The topological polar surface area (TPSA) is 15.3 Å². The summed E-state index contributed by atoms with van der Waals surface area (Å²) < 4.78 is 0. The maximum atomic E-state index is 3.83. The number of unbranched alkanes of at least 4 members (excludes halogenated alkanes) is 1. The van der Waals surface area contributed by atoms with Crippen LogP contribution in [0.5, 0.6) is 0 Å². The Balaban J connectivity index is 2.66. The molecule has 1 saturated heterocycles. The van der Waals surface area contributed by atoms with E-state index in [-0.39, 0.29) is 11.1 Å². The zero-order chi connectivity index (χ0) is 16.1. The normalized spacial score (nSPS) is 22.1. The summed E-state index contributed by atoms with van der Waals surface area (Å²) in [4.78, 5) is 2.82. The Hall–Kier alpha value is 0.137. The molecule has 1 heterocycles. The average molecular weight is 313 g/mol. The number of hydrogen-bond acceptors (Lipinski definition) is 2. The first kappa shape index (κ1) is 19.2. The third-order valence-corrected chi connectivity index (χ3v) is 6.27. The Kier molecular flexibility index (Phi) is 7.42. The van der Waals surface area contributed by atoms with E-state index in [2.05, 4.69) is 57.9 Å². The third-order valence-electron chi connectivity index (χ3n) is 4.71. The first-order valence-electron chi connectivity index (χ1n) is 9.18. The predicted octanol–water partition coefficient (Wildman–Crippen LogP) is 4.27. The zero-order valence-electron chi connectivity index (χ0n) is 15.8. The standard InChI is InChI=1S/C18H40N2Si/c1-8-9-11-20(12-10-13-21(6)7)16-14-17(2,3)19-18(4,5)15-16/h16,19,21H,8-15H2,1-7H3. The summed E-state index contributed by atoms with van der Waals surface area (Å²) in [5, 5.41) is 3.83. The van der Waals surface area contributed by atoms with Gasteiger partial charge >= 0.3 is 0 Å². The molecule has 1 aliphatic heterocycles. The minimum absolute atomic E-state index is 0.268. The molecule has 126 valence electrons. The minimum atomic E-state index is -0.391. The lowest BCUT2D eigenvalue weighted by Crippen LogP contribution is -2.62. The van der Waals surface area contributed by atoms with Crippen LogP contribution in [0.25, 0.3) is 0 Å². The Morgan fingerprint density at radius 3 is 2.00 bits per heavy atom. The van der Waals surface area contributed by atoms with Crippen molar-refractivity contribution in [1.29, 1.82) is 0 Å². The molecule has 0 aromatic rings. The lowest BCUT2D eigenvalue weighted by molar-refractivity contribution is 0.0651. The average Bonchev–Trinajstić information content (AvgIpc) is 2.29. The predicted molar refractivity (Wildman–Crippen MR) is 99.1 cm³/mol. The molecule has 0 atom stereocenters. The van der Waals surface area contributed by atoms with Crippen molar-refractivity contribution in [3.63, 3.8) is 0 Å². The molecular formula is C18H40N2Si. The largest absolute Gasteiger partial charge is 0.307 e. The highest BCUT2D eigenvalue weighted by Gasteiger charge is 2.39. The monoisotopic (exact) mass is 312 g/mol. The molecule has 0 bridgehead atoms. The van der Waals surface area contributed by atoms with Gasteiger partial charge in [0.1, 0.15) is 0 Å². The van der Waals surface area contributed by atoms with Crippen molar-refractivity contribution in [3.05, 3.63) is 0 Å². The Morgan fingerprint density at radius 1 is 1.00 bits per heavy atom. The third kappa shape index (κ3) is 7.29. The molecule has 0 spiro atoms. The molecule has 0 radical (unpaired) electrons. The molecule has 3 heteroatoms. The van der Waals surface area contributed by atoms with Crippen molar-refractivity contribution in [2.75, 3.05) is 13.1 Å². The first-order chi connectivity index (χ1) is 9.65. The summed E-state index contributed by atoms with van der Waals surface area (Å²) in [6.45, 7) is 19.4. The molecular weight excluding hydrogens is 272 g/mol. The minimum Gasteiger partial charge on any atom is -0.307 e. The van der Waals surface area contributed by atoms with Gasteiger partial charge in [-0.2, -0.15) is 0 Å². The highest BCUT2D eigenvalue weighted by atomic mass is 28.3. The Morgan fingerprint density at radius 2 is 1.52 bits per heavy atom. The van der Waals surface area contributed by atoms with E-state index in [0.29, 0.717) is 0 Å². The highest BCUT2D eigenvalue weighted by Crippen LogP contribution is 2.32. The summed E-state index contributed by atoms with van der Waals surface area (Å²) in [6, 6.07) is 2.26. The number of rotatable bonds is 8. The summed E-state index contributed by atoms with van der Waals surface area (Å²) in [6.07, 6.45) is 6.66. The molecule has 1 aliphatic rings. The van der Waals surface area contributed by atoms with Gasteiger partial charge in [0.05, 0.1) is 0 Å². The van der Waals surface area contributed by atoms with Gasteiger partial charge in [0.2, 0.25) is 0 Å². The maximum Gasteiger partial charge on any atom is 0.0306 e. The number of piperidine rings is 1. The van der Waals surface area contributed by atoms with Crippen LogP contribution < -0.4 is 5.32 Å². The van der Waals surface area contributed by atoms with E-state index in [0.717, 1.165) is 6.04 Å². The van der Waals surface area contributed by atoms with Crippen LogP contribution in [0.2, 0.25) is 19.1 Å². The van der Waals surface area contributed by atoms with Crippen LogP contribution in [0.15, 0.2) is 0 Å². The summed E-state index contributed by atoms with van der Waals surface area (Å²) in [5.74, 6) is 0. The fourth-order valence-electron chi connectivity index (χ4n) is 4.07. The second-order valence-electron chi connectivity index (χ2n) is 8.88. The van der Waals surface area contributed by atoms with E-state index < -0.39 is 8.80 Å². The molecule has 1 fully saturated rings. The fraction of sp³-hybridized carbons (Fsp3) is 1.00. The molecule has 2 nitrogen and oxygen atoms in total. The van der Waals surface area contributed by atoms with Gasteiger partial charge in [0.15, 0.2) is 0 Å². The zero-order valence-corrected chi connectivity index (χ0v) is 16.9. The van der Waals surface area contributed by atoms with E-state index in [1.165, 1.54) is 51.2 Å². The van der Waals surface area contributed by atoms with Crippen LogP contribution >= 0.6 is 0 Å². The van der Waals surface area contributed by atoms with E-state index in [1.54, 1.807) is 0 Å². The molecule has 0 unspecified atom stereocenters. The van der Waals surface area contributed by atoms with Gasteiger partial charge in [-0.3, -0.25) is 0 Å². The van der Waals surface area contributed by atoms with Crippen molar-refractivity contribution in [2.24, 2.45) is 0 Å². The summed E-state index contributed by atoms with van der Waals surface area (Å²) >= 11 is 0. The lowest BCUT2D eigenvalue weighted by Gasteiger charge is -2.50. The molecule has 0 aromatic heterocycles. The van der Waals surface area contributed by atoms with Crippen LogP contribution in [0.1, 0.15) is 66.7 Å². The van der Waals surface area contributed by atoms with E-state index >= 15 is 0 Å². The lowest BCUT2D eigenvalue weighted by atomic mass is 9.79. The molecule has 1 rings (SSSR count). The van der Waals surface area contributed by atoms with Crippen LogP contribution in [0.4, 0.5) is 0 Å². The van der Waals surface area contributed by atoms with Crippen LogP contribution in [-0.2, 0) is 0 Å². The van der Waals surface area contributed by atoms with Crippen molar-refractivity contribution in [1.82, 2.24) is 10.2 Å². The Labute approximate surface area is 135 Å². The van der Waals surface area contributed by atoms with Crippen molar-refractivity contribution >= 4 is 8.80 Å². The summed E-state index contributed by atoms with van der Waals surface area (Å²) in [5.41, 5.74) is 0.535. The van der Waals surface area contributed by atoms with Gasteiger partial charge < -0.3 is 10.2 Å².